The number of piperidine rings is 1. The van der Waals surface area contributed by atoms with Crippen molar-refractivity contribution in [3.8, 4) is 0 Å². The van der Waals surface area contributed by atoms with Gasteiger partial charge in [-0.15, -0.1) is 6.58 Å². The maximum Gasteiger partial charge on any atom is 0.274 e. The fourth-order valence-corrected chi connectivity index (χ4v) is 4.46. The van der Waals surface area contributed by atoms with Crippen molar-refractivity contribution in [2.45, 2.75) is 65.0 Å². The molecule has 1 atom stereocenters. The van der Waals surface area contributed by atoms with E-state index >= 15 is 0 Å². The Kier molecular flexibility index (Phi) is 6.17. The Hall–Kier alpha value is -1.62. The summed E-state index contributed by atoms with van der Waals surface area (Å²) in [6.45, 7) is 11.9. The molecule has 1 amide bonds. The van der Waals surface area contributed by atoms with Gasteiger partial charge in [0.1, 0.15) is 0 Å². The van der Waals surface area contributed by atoms with Crippen LogP contribution >= 0.6 is 0 Å². The molecule has 3 rings (SSSR count). The van der Waals surface area contributed by atoms with Crippen LogP contribution in [0, 0.1) is 5.92 Å². The molecule has 0 saturated carbocycles. The number of allylic oxidation sites excluding steroid dienone is 1. The van der Waals surface area contributed by atoms with Gasteiger partial charge in [-0.2, -0.15) is 5.10 Å². The van der Waals surface area contributed by atoms with Gasteiger partial charge in [0.05, 0.1) is 6.54 Å². The summed E-state index contributed by atoms with van der Waals surface area (Å²) in [6, 6.07) is 0.499. The summed E-state index contributed by atoms with van der Waals surface area (Å²) in [5, 5.41) is 4.75. The van der Waals surface area contributed by atoms with Gasteiger partial charge in [0.15, 0.2) is 5.69 Å². The predicted molar refractivity (Wildman–Crippen MR) is 105 cm³/mol. The zero-order valence-corrected chi connectivity index (χ0v) is 16.7. The molecule has 0 aromatic carbocycles. The van der Waals surface area contributed by atoms with Crippen LogP contribution in [-0.4, -0.2) is 58.2 Å². The molecule has 1 aromatic heterocycles. The first-order valence-electron chi connectivity index (χ1n) is 10.2. The van der Waals surface area contributed by atoms with Crippen molar-refractivity contribution < 1.29 is 4.79 Å². The molecular formula is C21H34N4O. The number of hydrogen-bond donors (Lipinski definition) is 0. The Morgan fingerprint density at radius 1 is 1.35 bits per heavy atom. The third-order valence-electron chi connectivity index (χ3n) is 5.74. The number of carbonyl (C=O) groups is 1. The summed E-state index contributed by atoms with van der Waals surface area (Å²) in [5.41, 5.74) is 3.14. The molecule has 2 heterocycles. The number of fused-ring (bicyclic) bond motifs is 1. The van der Waals surface area contributed by atoms with Gasteiger partial charge in [0.25, 0.3) is 5.91 Å². The average Bonchev–Trinajstić information content (AvgIpc) is 2.99. The summed E-state index contributed by atoms with van der Waals surface area (Å²) in [4.78, 5) is 17.6. The number of hydrogen-bond acceptors (Lipinski definition) is 3. The molecule has 5 nitrogen and oxygen atoms in total. The number of aromatic nitrogens is 2. The Morgan fingerprint density at radius 2 is 2.08 bits per heavy atom. The van der Waals surface area contributed by atoms with Crippen LogP contribution in [0.2, 0.25) is 0 Å². The van der Waals surface area contributed by atoms with Crippen LogP contribution in [0.15, 0.2) is 12.7 Å². The van der Waals surface area contributed by atoms with Gasteiger partial charge < -0.3 is 9.80 Å². The monoisotopic (exact) mass is 358 g/mol. The van der Waals surface area contributed by atoms with Crippen molar-refractivity contribution in [1.29, 1.82) is 0 Å². The predicted octanol–water partition coefficient (Wildman–Crippen LogP) is 3.14. The molecule has 0 unspecified atom stereocenters. The Labute approximate surface area is 158 Å². The first kappa shape index (κ1) is 19.2. The Bertz CT molecular complexity index is 643. The maximum atomic E-state index is 13.2. The van der Waals surface area contributed by atoms with Crippen LogP contribution < -0.4 is 0 Å². The van der Waals surface area contributed by atoms with Gasteiger partial charge in [0, 0.05) is 36.9 Å². The smallest absolute Gasteiger partial charge is 0.274 e. The summed E-state index contributed by atoms with van der Waals surface area (Å²) >= 11 is 0. The minimum atomic E-state index is 0.135. The molecule has 2 aliphatic rings. The van der Waals surface area contributed by atoms with Crippen molar-refractivity contribution in [1.82, 2.24) is 19.6 Å². The summed E-state index contributed by atoms with van der Waals surface area (Å²) < 4.78 is 2.01. The molecule has 144 valence electrons. The molecule has 5 heteroatoms. The highest BCUT2D eigenvalue weighted by Crippen LogP contribution is 2.29. The first-order chi connectivity index (χ1) is 12.5. The number of carbonyl (C=O) groups excluding carboxylic acids is 1. The molecule has 26 heavy (non-hydrogen) atoms. The molecule has 0 spiro atoms. The van der Waals surface area contributed by atoms with Crippen molar-refractivity contribution in [3.63, 3.8) is 0 Å². The van der Waals surface area contributed by atoms with E-state index in [2.05, 4.69) is 32.4 Å². The normalized spacial score (nSPS) is 20.5. The van der Waals surface area contributed by atoms with Crippen molar-refractivity contribution >= 4 is 5.91 Å². The van der Waals surface area contributed by atoms with E-state index in [4.69, 9.17) is 5.10 Å². The van der Waals surface area contributed by atoms with E-state index in [0.29, 0.717) is 24.2 Å². The molecule has 1 aliphatic carbocycles. The van der Waals surface area contributed by atoms with Crippen LogP contribution in [0.3, 0.4) is 0 Å². The van der Waals surface area contributed by atoms with E-state index < -0.39 is 0 Å². The second-order valence-corrected chi connectivity index (χ2v) is 8.33. The number of likely N-dealkylation sites (N-methyl/N-ethyl adjacent to an activating group) is 1. The van der Waals surface area contributed by atoms with Gasteiger partial charge in [-0.25, -0.2) is 0 Å². The topological polar surface area (TPSA) is 41.4 Å². The largest absolute Gasteiger partial charge is 0.337 e. The van der Waals surface area contributed by atoms with Gasteiger partial charge in [-0.05, 0) is 51.5 Å². The number of likely N-dealkylation sites (tertiary alicyclic amines) is 1. The van der Waals surface area contributed by atoms with Crippen LogP contribution in [0.5, 0.6) is 0 Å². The van der Waals surface area contributed by atoms with E-state index in [0.717, 1.165) is 51.7 Å². The molecule has 1 fully saturated rings. The Balaban J connectivity index is 1.86. The molecule has 1 aromatic rings. The van der Waals surface area contributed by atoms with Gasteiger partial charge in [-0.3, -0.25) is 9.48 Å². The number of nitrogens with zero attached hydrogens (tertiary/aromatic N) is 4. The van der Waals surface area contributed by atoms with Gasteiger partial charge in [-0.1, -0.05) is 19.9 Å². The quantitative estimate of drug-likeness (QED) is 0.734. The lowest BCUT2D eigenvalue weighted by molar-refractivity contribution is 0.0715. The first-order valence-corrected chi connectivity index (χ1v) is 10.2. The van der Waals surface area contributed by atoms with Gasteiger partial charge in [0.2, 0.25) is 0 Å². The van der Waals surface area contributed by atoms with E-state index in [-0.39, 0.29) is 5.91 Å². The van der Waals surface area contributed by atoms with Crippen molar-refractivity contribution in [3.05, 3.63) is 29.6 Å². The average molecular weight is 359 g/mol. The van der Waals surface area contributed by atoms with Crippen molar-refractivity contribution in [2.24, 2.45) is 5.92 Å². The number of rotatable bonds is 6. The number of amides is 1. The fraction of sp³-hybridized carbons (Fsp3) is 0.714. The van der Waals surface area contributed by atoms with Crippen LogP contribution in [0.1, 0.15) is 61.3 Å². The summed E-state index contributed by atoms with van der Waals surface area (Å²) in [7, 11) is 2.22. The maximum absolute atomic E-state index is 13.2. The highest BCUT2D eigenvalue weighted by atomic mass is 16.2. The van der Waals surface area contributed by atoms with Crippen LogP contribution in [-0.2, 0) is 19.4 Å². The highest BCUT2D eigenvalue weighted by molar-refractivity contribution is 5.94. The summed E-state index contributed by atoms with van der Waals surface area (Å²) in [6.07, 6.45) is 8.40. The van der Waals surface area contributed by atoms with E-state index in [1.165, 1.54) is 17.7 Å². The second-order valence-electron chi connectivity index (χ2n) is 8.33. The minimum Gasteiger partial charge on any atom is -0.337 e. The zero-order valence-electron chi connectivity index (χ0n) is 16.7. The molecule has 0 N–H and O–H groups in total. The molecule has 0 bridgehead atoms. The van der Waals surface area contributed by atoms with E-state index in [9.17, 15) is 4.79 Å². The zero-order chi connectivity index (χ0) is 18.7. The van der Waals surface area contributed by atoms with E-state index in [1.54, 1.807) is 0 Å². The fourth-order valence-electron chi connectivity index (χ4n) is 4.46. The molecular weight excluding hydrogens is 324 g/mol. The molecule has 1 saturated heterocycles. The highest BCUT2D eigenvalue weighted by Gasteiger charge is 2.32. The van der Waals surface area contributed by atoms with Crippen molar-refractivity contribution in [2.75, 3.05) is 26.7 Å². The second kappa shape index (κ2) is 8.38. The van der Waals surface area contributed by atoms with Crippen LogP contribution in [0.25, 0.3) is 0 Å². The lowest BCUT2D eigenvalue weighted by Crippen LogP contribution is -2.40. The third-order valence-corrected chi connectivity index (χ3v) is 5.74. The van der Waals surface area contributed by atoms with Gasteiger partial charge >= 0.3 is 0 Å². The summed E-state index contributed by atoms with van der Waals surface area (Å²) in [5.74, 6) is 0.787. The van der Waals surface area contributed by atoms with Crippen LogP contribution in [0.4, 0.5) is 0 Å². The van der Waals surface area contributed by atoms with E-state index in [1.807, 2.05) is 15.7 Å². The lowest BCUT2D eigenvalue weighted by Gasteiger charge is -2.33. The third kappa shape index (κ3) is 4.03. The molecule has 1 aliphatic heterocycles. The SMILES string of the molecule is C=CCn1nc(C(=O)N2CCCCC2)c2c1CC[C@@H](N(C)CC(C)C)C2. The minimum absolute atomic E-state index is 0.135. The Morgan fingerprint density at radius 3 is 2.73 bits per heavy atom. The molecule has 0 radical (unpaired) electrons. The lowest BCUT2D eigenvalue weighted by atomic mass is 9.89. The standard InChI is InChI=1S/C21H34N4O/c1-5-11-25-19-10-9-17(23(4)15-16(2)3)14-18(19)20(22-25)21(26)24-12-7-6-8-13-24/h5,16-17H,1,6-15H2,2-4H3/t17-/m1/s1.